The van der Waals surface area contributed by atoms with Gasteiger partial charge in [0, 0.05) is 6.20 Å². The van der Waals surface area contributed by atoms with Crippen LogP contribution in [0.25, 0.3) is 0 Å². The van der Waals surface area contributed by atoms with Crippen molar-refractivity contribution in [2.24, 2.45) is 0 Å². The zero-order valence-corrected chi connectivity index (χ0v) is 10.9. The maximum Gasteiger partial charge on any atom is 0.335 e. The summed E-state index contributed by atoms with van der Waals surface area (Å²) < 4.78 is 38.6. The number of carboxylic acids is 1. The van der Waals surface area contributed by atoms with Gasteiger partial charge in [0.15, 0.2) is 0 Å². The fraction of sp³-hybridized carbons (Fsp3) is 0.0769. The second-order valence-electron chi connectivity index (χ2n) is 3.95. The predicted octanol–water partition coefficient (Wildman–Crippen LogP) is 2.37. The maximum absolute atomic E-state index is 13.6. The molecule has 1 unspecified atom stereocenters. The Labute approximate surface area is 115 Å². The Bertz CT molecular complexity index is 691. The average Bonchev–Trinajstić information content (AvgIpc) is 2.38. The molecule has 0 spiro atoms. The summed E-state index contributed by atoms with van der Waals surface area (Å²) in [7, 11) is -1.83. The number of aromatic nitrogens is 1. The van der Waals surface area contributed by atoms with Crippen molar-refractivity contribution in [3.63, 3.8) is 0 Å². The molecular formula is C13H9F2NO3S. The van der Waals surface area contributed by atoms with Crippen LogP contribution in [0.1, 0.15) is 15.9 Å². The molecule has 4 nitrogen and oxygen atoms in total. The van der Waals surface area contributed by atoms with Gasteiger partial charge < -0.3 is 5.11 Å². The molecule has 1 aromatic carbocycles. The molecule has 0 saturated carbocycles. The SMILES string of the molecule is O=C(O)c1ccc(F)c(S(=O)Cc2cncc(F)c2)c1. The van der Waals surface area contributed by atoms with Crippen molar-refractivity contribution < 1.29 is 22.9 Å². The van der Waals surface area contributed by atoms with Crippen LogP contribution in [0.3, 0.4) is 0 Å². The van der Waals surface area contributed by atoms with Crippen molar-refractivity contribution in [1.29, 1.82) is 0 Å². The number of halogens is 2. The van der Waals surface area contributed by atoms with E-state index >= 15 is 0 Å². The highest BCUT2D eigenvalue weighted by molar-refractivity contribution is 7.84. The Kier molecular flexibility index (Phi) is 4.19. The number of benzene rings is 1. The molecule has 0 bridgehead atoms. The number of nitrogens with zero attached hydrogens (tertiary/aromatic N) is 1. The molecule has 0 fully saturated rings. The van der Waals surface area contributed by atoms with Crippen molar-refractivity contribution in [2.45, 2.75) is 10.6 Å². The quantitative estimate of drug-likeness (QED) is 0.940. The van der Waals surface area contributed by atoms with E-state index in [2.05, 4.69) is 4.98 Å². The maximum atomic E-state index is 13.6. The van der Waals surface area contributed by atoms with Crippen LogP contribution in [0.15, 0.2) is 41.6 Å². The fourth-order valence-corrected chi connectivity index (χ4v) is 2.73. The summed E-state index contributed by atoms with van der Waals surface area (Å²) in [5.74, 6) is -2.74. The number of rotatable bonds is 4. The summed E-state index contributed by atoms with van der Waals surface area (Å²) in [6, 6.07) is 4.19. The third kappa shape index (κ3) is 3.24. The van der Waals surface area contributed by atoms with E-state index in [1.165, 1.54) is 6.20 Å². The molecule has 0 radical (unpaired) electrons. The number of aromatic carboxylic acids is 1. The summed E-state index contributed by atoms with van der Waals surface area (Å²) in [4.78, 5) is 14.2. The first-order valence-corrected chi connectivity index (χ1v) is 6.80. The minimum absolute atomic E-state index is 0.148. The summed E-state index contributed by atoms with van der Waals surface area (Å²) in [5, 5.41) is 8.83. The number of hydrogen-bond donors (Lipinski definition) is 1. The van der Waals surface area contributed by atoms with Gasteiger partial charge in [-0.2, -0.15) is 0 Å². The summed E-state index contributed by atoms with van der Waals surface area (Å²) in [6.07, 6.45) is 2.32. The minimum Gasteiger partial charge on any atom is -0.478 e. The van der Waals surface area contributed by atoms with Crippen LogP contribution in [-0.2, 0) is 16.6 Å². The number of carboxylic acid groups (broad SMARTS) is 1. The molecule has 20 heavy (non-hydrogen) atoms. The van der Waals surface area contributed by atoms with Gasteiger partial charge >= 0.3 is 5.97 Å². The van der Waals surface area contributed by atoms with E-state index in [4.69, 9.17) is 5.11 Å². The van der Waals surface area contributed by atoms with Crippen molar-refractivity contribution in [2.75, 3.05) is 0 Å². The highest BCUT2D eigenvalue weighted by atomic mass is 32.2. The highest BCUT2D eigenvalue weighted by Gasteiger charge is 2.14. The molecule has 2 rings (SSSR count). The lowest BCUT2D eigenvalue weighted by atomic mass is 10.2. The van der Waals surface area contributed by atoms with Gasteiger partial charge in [-0.1, -0.05) is 0 Å². The second-order valence-corrected chi connectivity index (χ2v) is 5.37. The second kappa shape index (κ2) is 5.87. The third-order valence-electron chi connectivity index (χ3n) is 2.48. The lowest BCUT2D eigenvalue weighted by Crippen LogP contribution is -2.04. The first kappa shape index (κ1) is 14.3. The van der Waals surface area contributed by atoms with E-state index < -0.39 is 28.4 Å². The highest BCUT2D eigenvalue weighted by Crippen LogP contribution is 2.18. The summed E-state index contributed by atoms with van der Waals surface area (Å²) in [5.41, 5.74) is 0.176. The molecule has 7 heteroatoms. The summed E-state index contributed by atoms with van der Waals surface area (Å²) in [6.45, 7) is 0. The van der Waals surface area contributed by atoms with Gasteiger partial charge in [-0.25, -0.2) is 13.6 Å². The smallest absolute Gasteiger partial charge is 0.335 e. The van der Waals surface area contributed by atoms with Crippen molar-refractivity contribution in [3.05, 3.63) is 59.4 Å². The van der Waals surface area contributed by atoms with Gasteiger partial charge in [0.1, 0.15) is 11.6 Å². The van der Waals surface area contributed by atoms with Gasteiger partial charge in [-0.3, -0.25) is 9.19 Å². The van der Waals surface area contributed by atoms with Gasteiger partial charge in [0.2, 0.25) is 0 Å². The Morgan fingerprint density at radius 1 is 1.25 bits per heavy atom. The van der Waals surface area contributed by atoms with Gasteiger partial charge in [0.05, 0.1) is 33.2 Å². The third-order valence-corrected chi connectivity index (χ3v) is 3.88. The molecule has 104 valence electrons. The minimum atomic E-state index is -1.83. The Morgan fingerprint density at radius 2 is 2.00 bits per heavy atom. The monoisotopic (exact) mass is 297 g/mol. The number of pyridine rings is 1. The van der Waals surface area contributed by atoms with Crippen LogP contribution in [0, 0.1) is 11.6 Å². The van der Waals surface area contributed by atoms with Crippen LogP contribution in [0.5, 0.6) is 0 Å². The van der Waals surface area contributed by atoms with Gasteiger partial charge in [0.25, 0.3) is 0 Å². The lowest BCUT2D eigenvalue weighted by molar-refractivity contribution is 0.0696. The molecule has 0 saturated heterocycles. The first-order valence-electron chi connectivity index (χ1n) is 5.48. The summed E-state index contributed by atoms with van der Waals surface area (Å²) >= 11 is 0. The Hall–Kier alpha value is -2.15. The Balaban J connectivity index is 2.29. The van der Waals surface area contributed by atoms with Crippen LogP contribution in [0.4, 0.5) is 8.78 Å². The number of carbonyl (C=O) groups is 1. The van der Waals surface area contributed by atoms with E-state index in [0.717, 1.165) is 30.5 Å². The molecule has 2 aromatic rings. The zero-order chi connectivity index (χ0) is 14.7. The van der Waals surface area contributed by atoms with Crippen LogP contribution in [0.2, 0.25) is 0 Å². The van der Waals surface area contributed by atoms with E-state index in [1.54, 1.807) is 0 Å². The Morgan fingerprint density at radius 3 is 2.65 bits per heavy atom. The molecule has 1 N–H and O–H groups in total. The molecule has 0 aliphatic rings. The molecular weight excluding hydrogens is 288 g/mol. The topological polar surface area (TPSA) is 67.3 Å². The van der Waals surface area contributed by atoms with Crippen LogP contribution in [-0.4, -0.2) is 20.3 Å². The van der Waals surface area contributed by atoms with Crippen molar-refractivity contribution >= 4 is 16.8 Å². The standard InChI is InChI=1S/C13H9F2NO3S/c14-10-3-8(5-16-6-10)7-20(19)12-4-9(13(17)18)1-2-11(12)15/h1-6H,7H2,(H,17,18). The van der Waals surface area contributed by atoms with E-state index in [1.807, 2.05) is 0 Å². The first-order chi connectivity index (χ1) is 9.47. The van der Waals surface area contributed by atoms with Crippen molar-refractivity contribution in [3.8, 4) is 0 Å². The van der Waals surface area contributed by atoms with Crippen LogP contribution < -0.4 is 0 Å². The molecule has 1 heterocycles. The molecule has 1 atom stereocenters. The van der Waals surface area contributed by atoms with Crippen LogP contribution >= 0.6 is 0 Å². The number of hydrogen-bond acceptors (Lipinski definition) is 3. The fourth-order valence-electron chi connectivity index (χ4n) is 1.57. The van der Waals surface area contributed by atoms with E-state index in [0.29, 0.717) is 5.56 Å². The molecule has 0 aliphatic heterocycles. The lowest BCUT2D eigenvalue weighted by Gasteiger charge is -2.05. The average molecular weight is 297 g/mol. The van der Waals surface area contributed by atoms with E-state index in [-0.39, 0.29) is 16.2 Å². The largest absolute Gasteiger partial charge is 0.478 e. The predicted molar refractivity (Wildman–Crippen MR) is 67.7 cm³/mol. The van der Waals surface area contributed by atoms with Gasteiger partial charge in [-0.15, -0.1) is 0 Å². The molecule has 0 amide bonds. The molecule has 0 aliphatic carbocycles. The zero-order valence-electron chi connectivity index (χ0n) is 10.0. The normalized spacial score (nSPS) is 12.1. The van der Waals surface area contributed by atoms with E-state index in [9.17, 15) is 17.8 Å². The van der Waals surface area contributed by atoms with Gasteiger partial charge in [-0.05, 0) is 29.8 Å². The van der Waals surface area contributed by atoms with Crippen molar-refractivity contribution in [1.82, 2.24) is 4.98 Å². The molecule has 1 aromatic heterocycles.